The van der Waals surface area contributed by atoms with Crippen molar-refractivity contribution in [3.63, 3.8) is 0 Å². The predicted molar refractivity (Wildman–Crippen MR) is 53.2 cm³/mol. The van der Waals surface area contributed by atoms with Crippen LogP contribution >= 0.6 is 11.6 Å². The number of hydrogen-bond donors (Lipinski definition) is 2. The van der Waals surface area contributed by atoms with Crippen LogP contribution in [0.3, 0.4) is 0 Å². The van der Waals surface area contributed by atoms with Gasteiger partial charge < -0.3 is 14.7 Å². The van der Waals surface area contributed by atoms with Crippen molar-refractivity contribution in [2.75, 3.05) is 14.2 Å². The lowest BCUT2D eigenvalue weighted by Gasteiger charge is -2.12. The van der Waals surface area contributed by atoms with Crippen LogP contribution in [0.25, 0.3) is 0 Å². The number of nitrogens with one attached hydrogen (secondary N) is 1. The van der Waals surface area contributed by atoms with E-state index in [9.17, 15) is 0 Å². The van der Waals surface area contributed by atoms with Gasteiger partial charge in [0.15, 0.2) is 0 Å². The lowest BCUT2D eigenvalue weighted by Crippen LogP contribution is -2.07. The summed E-state index contributed by atoms with van der Waals surface area (Å²) in [5, 5.41) is 8.98. The highest BCUT2D eigenvalue weighted by molar-refractivity contribution is 6.33. The molecule has 0 bridgehead atoms. The summed E-state index contributed by atoms with van der Waals surface area (Å²) in [5.74, 6) is 1.05. The molecule has 0 aliphatic heterocycles. The number of rotatable bonds is 4. The average molecular weight is 218 g/mol. The van der Waals surface area contributed by atoms with Crippen LogP contribution in [0.4, 0.5) is 0 Å². The molecule has 0 aliphatic rings. The van der Waals surface area contributed by atoms with Crippen LogP contribution in [0.1, 0.15) is 5.56 Å². The van der Waals surface area contributed by atoms with Crippen LogP contribution in [0.15, 0.2) is 12.1 Å². The number of hydrogen-bond acceptors (Lipinski definition) is 4. The number of benzene rings is 1. The van der Waals surface area contributed by atoms with E-state index in [4.69, 9.17) is 26.3 Å². The molecule has 78 valence electrons. The van der Waals surface area contributed by atoms with Crippen molar-refractivity contribution in [2.24, 2.45) is 0 Å². The zero-order valence-corrected chi connectivity index (χ0v) is 8.76. The molecule has 0 radical (unpaired) electrons. The van der Waals surface area contributed by atoms with Crippen LogP contribution in [0.2, 0.25) is 5.02 Å². The van der Waals surface area contributed by atoms with Crippen molar-refractivity contribution < 1.29 is 14.7 Å². The Morgan fingerprint density at radius 3 is 2.57 bits per heavy atom. The van der Waals surface area contributed by atoms with Gasteiger partial charge in [-0.15, -0.1) is 0 Å². The highest BCUT2D eigenvalue weighted by Crippen LogP contribution is 2.36. The normalized spacial score (nSPS) is 10.0. The Kier molecular flexibility index (Phi) is 4.00. The van der Waals surface area contributed by atoms with E-state index in [1.54, 1.807) is 12.1 Å². The summed E-state index contributed by atoms with van der Waals surface area (Å²) >= 11 is 5.99. The van der Waals surface area contributed by atoms with Gasteiger partial charge in [0, 0.05) is 12.1 Å². The minimum atomic E-state index is 0.271. The zero-order chi connectivity index (χ0) is 10.6. The molecule has 2 N–H and O–H groups in total. The summed E-state index contributed by atoms with van der Waals surface area (Å²) in [4.78, 5) is 0. The molecular formula is C9H12ClNO3. The molecule has 0 atom stereocenters. The molecule has 0 heterocycles. The molecule has 1 aromatic carbocycles. The first-order chi connectivity index (χ1) is 6.74. The summed E-state index contributed by atoms with van der Waals surface area (Å²) in [7, 11) is 3.05. The highest BCUT2D eigenvalue weighted by Gasteiger charge is 2.12. The Hall–Kier alpha value is -0.970. The summed E-state index contributed by atoms with van der Waals surface area (Å²) < 4.78 is 10.1. The predicted octanol–water partition coefficient (Wildman–Crippen LogP) is 1.84. The van der Waals surface area contributed by atoms with E-state index >= 15 is 0 Å². The molecule has 4 nitrogen and oxygen atoms in total. The van der Waals surface area contributed by atoms with Crippen molar-refractivity contribution in [1.29, 1.82) is 0 Å². The van der Waals surface area contributed by atoms with Crippen molar-refractivity contribution in [2.45, 2.75) is 6.54 Å². The molecule has 0 saturated carbocycles. The first-order valence-electron chi connectivity index (χ1n) is 4.01. The van der Waals surface area contributed by atoms with Crippen molar-refractivity contribution in [3.8, 4) is 11.5 Å². The second-order valence-corrected chi connectivity index (χ2v) is 2.99. The SMILES string of the molecule is COc1ccc(CNO)c(OC)c1Cl. The van der Waals surface area contributed by atoms with Gasteiger partial charge in [0.2, 0.25) is 0 Å². The fourth-order valence-electron chi connectivity index (χ4n) is 1.18. The standard InChI is InChI=1S/C9H12ClNO3/c1-13-7-4-3-6(5-11-12)9(14-2)8(7)10/h3-4,11-12H,5H2,1-2H3. The first kappa shape index (κ1) is 11.1. The lowest BCUT2D eigenvalue weighted by atomic mass is 10.2. The molecule has 5 heteroatoms. The molecule has 0 saturated heterocycles. The second-order valence-electron chi connectivity index (χ2n) is 2.61. The fourth-order valence-corrected chi connectivity index (χ4v) is 1.52. The third-order valence-corrected chi connectivity index (χ3v) is 2.19. The van der Waals surface area contributed by atoms with E-state index in [-0.39, 0.29) is 6.54 Å². The minimum absolute atomic E-state index is 0.271. The van der Waals surface area contributed by atoms with Gasteiger partial charge in [-0.25, -0.2) is 5.48 Å². The van der Waals surface area contributed by atoms with E-state index < -0.39 is 0 Å². The smallest absolute Gasteiger partial charge is 0.145 e. The maximum atomic E-state index is 8.58. The molecule has 0 amide bonds. The Morgan fingerprint density at radius 1 is 1.36 bits per heavy atom. The van der Waals surface area contributed by atoms with Crippen LogP contribution in [-0.4, -0.2) is 19.4 Å². The number of methoxy groups -OCH3 is 2. The average Bonchev–Trinajstić information content (AvgIpc) is 2.19. The van der Waals surface area contributed by atoms with Gasteiger partial charge in [-0.05, 0) is 6.07 Å². The molecule has 0 aromatic heterocycles. The first-order valence-corrected chi connectivity index (χ1v) is 4.38. The molecule has 0 unspecified atom stereocenters. The summed E-state index contributed by atoms with van der Waals surface area (Å²) in [6.07, 6.45) is 0. The number of halogens is 1. The maximum absolute atomic E-state index is 8.58. The fraction of sp³-hybridized carbons (Fsp3) is 0.333. The third-order valence-electron chi connectivity index (χ3n) is 1.84. The van der Waals surface area contributed by atoms with Crippen molar-refractivity contribution in [1.82, 2.24) is 5.48 Å². The third kappa shape index (κ3) is 2.09. The molecular weight excluding hydrogens is 206 g/mol. The zero-order valence-electron chi connectivity index (χ0n) is 8.00. The second kappa shape index (κ2) is 5.05. The van der Waals surface area contributed by atoms with Crippen molar-refractivity contribution in [3.05, 3.63) is 22.7 Å². The topological polar surface area (TPSA) is 50.7 Å². The van der Waals surface area contributed by atoms with E-state index in [2.05, 4.69) is 0 Å². The Morgan fingerprint density at radius 2 is 2.07 bits per heavy atom. The van der Waals surface area contributed by atoms with E-state index in [1.165, 1.54) is 14.2 Å². The van der Waals surface area contributed by atoms with Crippen LogP contribution in [-0.2, 0) is 6.54 Å². The van der Waals surface area contributed by atoms with Crippen molar-refractivity contribution >= 4 is 11.6 Å². The maximum Gasteiger partial charge on any atom is 0.145 e. The molecule has 0 fully saturated rings. The largest absolute Gasteiger partial charge is 0.495 e. The molecule has 14 heavy (non-hydrogen) atoms. The quantitative estimate of drug-likeness (QED) is 0.756. The van der Waals surface area contributed by atoms with Crippen LogP contribution in [0.5, 0.6) is 11.5 Å². The lowest BCUT2D eigenvalue weighted by molar-refractivity contribution is 0.160. The Labute approximate surface area is 87.4 Å². The number of hydroxylamine groups is 1. The van der Waals surface area contributed by atoms with Gasteiger partial charge in [-0.3, -0.25) is 0 Å². The monoisotopic (exact) mass is 217 g/mol. The Bertz CT molecular complexity index is 317. The summed E-state index contributed by atoms with van der Waals surface area (Å²) in [6.45, 7) is 0.271. The number of ether oxygens (including phenoxy) is 2. The van der Waals surface area contributed by atoms with Gasteiger partial charge in [0.05, 0.1) is 14.2 Å². The van der Waals surface area contributed by atoms with E-state index in [1.807, 2.05) is 5.48 Å². The van der Waals surface area contributed by atoms with Gasteiger partial charge in [-0.2, -0.15) is 0 Å². The van der Waals surface area contributed by atoms with E-state index in [0.717, 1.165) is 5.56 Å². The highest BCUT2D eigenvalue weighted by atomic mass is 35.5. The minimum Gasteiger partial charge on any atom is -0.495 e. The van der Waals surface area contributed by atoms with E-state index in [0.29, 0.717) is 16.5 Å². The summed E-state index contributed by atoms with van der Waals surface area (Å²) in [5.41, 5.74) is 2.81. The molecule has 0 aliphatic carbocycles. The van der Waals surface area contributed by atoms with Gasteiger partial charge in [0.1, 0.15) is 16.5 Å². The van der Waals surface area contributed by atoms with Gasteiger partial charge in [0.25, 0.3) is 0 Å². The summed E-state index contributed by atoms with van der Waals surface area (Å²) in [6, 6.07) is 3.49. The molecule has 0 spiro atoms. The van der Waals surface area contributed by atoms with Gasteiger partial charge >= 0.3 is 0 Å². The van der Waals surface area contributed by atoms with Crippen LogP contribution < -0.4 is 15.0 Å². The molecule has 1 aromatic rings. The molecule has 1 rings (SSSR count). The Balaban J connectivity index is 3.14. The van der Waals surface area contributed by atoms with Crippen LogP contribution in [0, 0.1) is 0 Å². The van der Waals surface area contributed by atoms with Gasteiger partial charge in [-0.1, -0.05) is 17.7 Å².